The SMILES string of the molecule is O=C(CCn1ccc(=O)[nH]c1=O)NC(c1ccc2c(c1)CCO2)C1CC(O)C1. The van der Waals surface area contributed by atoms with E-state index in [1.54, 1.807) is 0 Å². The standard InChI is InChI=1S/C20H23N3O5/c24-15-10-14(11-15)19(13-1-2-16-12(9-13)5-8-28-16)21-17(25)3-6-23-7-4-18(26)22-20(23)27/h1-2,4,7,9,14-15,19,24H,3,5-6,8,10-11H2,(H,21,25)(H,22,26,27). The normalized spacial score (nSPS) is 21.3. The average molecular weight is 385 g/mol. The Morgan fingerprint density at radius 1 is 1.32 bits per heavy atom. The summed E-state index contributed by atoms with van der Waals surface area (Å²) in [6.07, 6.45) is 3.34. The van der Waals surface area contributed by atoms with Gasteiger partial charge < -0.3 is 19.7 Å². The van der Waals surface area contributed by atoms with E-state index in [0.717, 1.165) is 23.3 Å². The maximum Gasteiger partial charge on any atom is 0.328 e. The molecule has 0 radical (unpaired) electrons. The quantitative estimate of drug-likeness (QED) is 0.670. The summed E-state index contributed by atoms with van der Waals surface area (Å²) in [6.45, 7) is 0.853. The van der Waals surface area contributed by atoms with E-state index >= 15 is 0 Å². The van der Waals surface area contributed by atoms with Gasteiger partial charge in [-0.05, 0) is 42.0 Å². The molecule has 1 aromatic heterocycles. The molecule has 28 heavy (non-hydrogen) atoms. The van der Waals surface area contributed by atoms with Gasteiger partial charge >= 0.3 is 5.69 Å². The van der Waals surface area contributed by atoms with Crippen LogP contribution in [0.3, 0.4) is 0 Å². The van der Waals surface area contributed by atoms with Crippen molar-refractivity contribution in [2.45, 2.75) is 44.4 Å². The number of hydrogen-bond donors (Lipinski definition) is 3. The molecule has 0 spiro atoms. The molecular weight excluding hydrogens is 362 g/mol. The van der Waals surface area contributed by atoms with Crippen LogP contribution in [0, 0.1) is 5.92 Å². The second-order valence-corrected chi connectivity index (χ2v) is 7.45. The first kappa shape index (κ1) is 18.5. The van der Waals surface area contributed by atoms with Crippen LogP contribution in [0.5, 0.6) is 5.75 Å². The molecule has 2 heterocycles. The lowest BCUT2D eigenvalue weighted by Crippen LogP contribution is -2.41. The molecule has 1 unspecified atom stereocenters. The van der Waals surface area contributed by atoms with Crippen LogP contribution in [0.25, 0.3) is 0 Å². The van der Waals surface area contributed by atoms with Crippen molar-refractivity contribution in [1.82, 2.24) is 14.9 Å². The minimum Gasteiger partial charge on any atom is -0.493 e. The Labute approximate surface area is 161 Å². The summed E-state index contributed by atoms with van der Waals surface area (Å²) in [5.74, 6) is 0.885. The molecule has 1 amide bonds. The maximum absolute atomic E-state index is 12.6. The summed E-state index contributed by atoms with van der Waals surface area (Å²) in [5, 5.41) is 12.8. The molecule has 1 saturated carbocycles. The molecular formula is C20H23N3O5. The highest BCUT2D eigenvalue weighted by atomic mass is 16.5. The number of amides is 1. The molecule has 1 fully saturated rings. The molecule has 0 bridgehead atoms. The van der Waals surface area contributed by atoms with E-state index in [0.29, 0.717) is 19.4 Å². The number of ether oxygens (including phenoxy) is 1. The number of aromatic nitrogens is 2. The zero-order chi connectivity index (χ0) is 19.7. The van der Waals surface area contributed by atoms with Gasteiger partial charge in [-0.1, -0.05) is 6.07 Å². The number of rotatable bonds is 6. The van der Waals surface area contributed by atoms with Gasteiger partial charge in [0.1, 0.15) is 5.75 Å². The molecule has 8 heteroatoms. The first-order valence-electron chi connectivity index (χ1n) is 9.52. The number of H-pyrrole nitrogens is 1. The van der Waals surface area contributed by atoms with Gasteiger partial charge in [-0.3, -0.25) is 14.6 Å². The fourth-order valence-corrected chi connectivity index (χ4v) is 3.86. The van der Waals surface area contributed by atoms with Crippen molar-refractivity contribution in [3.63, 3.8) is 0 Å². The van der Waals surface area contributed by atoms with Gasteiger partial charge in [0.15, 0.2) is 0 Å². The molecule has 8 nitrogen and oxygen atoms in total. The minimum atomic E-state index is -0.530. The molecule has 1 aliphatic carbocycles. The van der Waals surface area contributed by atoms with Gasteiger partial charge in [-0.15, -0.1) is 0 Å². The summed E-state index contributed by atoms with van der Waals surface area (Å²) < 4.78 is 6.86. The second kappa shape index (κ2) is 7.63. The van der Waals surface area contributed by atoms with Crippen molar-refractivity contribution < 1.29 is 14.6 Å². The number of nitrogens with zero attached hydrogens (tertiary/aromatic N) is 1. The van der Waals surface area contributed by atoms with Crippen LogP contribution >= 0.6 is 0 Å². The van der Waals surface area contributed by atoms with Crippen LogP contribution in [-0.2, 0) is 17.8 Å². The Bertz CT molecular complexity index is 990. The number of fused-ring (bicyclic) bond motifs is 1. The van der Waals surface area contributed by atoms with E-state index in [1.807, 2.05) is 12.1 Å². The zero-order valence-electron chi connectivity index (χ0n) is 15.4. The number of carbonyl (C=O) groups excluding carboxylic acids is 1. The van der Waals surface area contributed by atoms with Gasteiger partial charge in [-0.25, -0.2) is 4.79 Å². The predicted molar refractivity (Wildman–Crippen MR) is 101 cm³/mol. The van der Waals surface area contributed by atoms with E-state index in [9.17, 15) is 19.5 Å². The predicted octanol–water partition coefficient (Wildman–Crippen LogP) is 0.490. The number of hydrogen-bond acceptors (Lipinski definition) is 5. The number of aryl methyl sites for hydroxylation is 1. The Kier molecular flexibility index (Phi) is 5.04. The summed E-state index contributed by atoms with van der Waals surface area (Å²) in [6, 6.07) is 7.04. The monoisotopic (exact) mass is 385 g/mol. The Morgan fingerprint density at radius 2 is 2.14 bits per heavy atom. The van der Waals surface area contributed by atoms with Crippen molar-refractivity contribution in [3.05, 3.63) is 62.4 Å². The number of aliphatic hydroxyl groups excluding tert-OH is 1. The van der Waals surface area contributed by atoms with Crippen molar-refractivity contribution >= 4 is 5.91 Å². The van der Waals surface area contributed by atoms with E-state index < -0.39 is 11.2 Å². The lowest BCUT2D eigenvalue weighted by Gasteiger charge is -2.38. The van der Waals surface area contributed by atoms with E-state index in [4.69, 9.17) is 4.74 Å². The number of benzene rings is 1. The summed E-state index contributed by atoms with van der Waals surface area (Å²) >= 11 is 0. The van der Waals surface area contributed by atoms with E-state index in [2.05, 4.69) is 16.4 Å². The summed E-state index contributed by atoms with van der Waals surface area (Å²) in [4.78, 5) is 37.6. The number of nitrogens with one attached hydrogen (secondary N) is 2. The maximum atomic E-state index is 12.6. The molecule has 1 aliphatic heterocycles. The van der Waals surface area contributed by atoms with Crippen LogP contribution in [0.4, 0.5) is 0 Å². The summed E-state index contributed by atoms with van der Waals surface area (Å²) in [5.41, 5.74) is 1.15. The lowest BCUT2D eigenvalue weighted by molar-refractivity contribution is -0.123. The molecule has 3 N–H and O–H groups in total. The van der Waals surface area contributed by atoms with Gasteiger partial charge in [0.05, 0.1) is 18.8 Å². The fourth-order valence-electron chi connectivity index (χ4n) is 3.86. The van der Waals surface area contributed by atoms with Crippen LogP contribution in [-0.4, -0.2) is 33.3 Å². The third-order valence-corrected chi connectivity index (χ3v) is 5.49. The Hall–Kier alpha value is -2.87. The van der Waals surface area contributed by atoms with E-state index in [1.165, 1.54) is 16.8 Å². The van der Waals surface area contributed by atoms with Gasteiger partial charge in [0.25, 0.3) is 5.56 Å². The smallest absolute Gasteiger partial charge is 0.328 e. The first-order valence-corrected chi connectivity index (χ1v) is 9.52. The largest absolute Gasteiger partial charge is 0.493 e. The van der Waals surface area contributed by atoms with Crippen molar-refractivity contribution in [2.75, 3.05) is 6.61 Å². The minimum absolute atomic E-state index is 0.117. The molecule has 2 aliphatic rings. The molecule has 1 aromatic carbocycles. The van der Waals surface area contributed by atoms with Crippen molar-refractivity contribution in [2.24, 2.45) is 5.92 Å². The van der Waals surface area contributed by atoms with E-state index in [-0.39, 0.29) is 36.9 Å². The zero-order valence-corrected chi connectivity index (χ0v) is 15.4. The summed E-state index contributed by atoms with van der Waals surface area (Å²) in [7, 11) is 0. The van der Waals surface area contributed by atoms with Crippen LogP contribution in [0.1, 0.15) is 36.4 Å². The third-order valence-electron chi connectivity index (χ3n) is 5.49. The van der Waals surface area contributed by atoms with Crippen LogP contribution in [0.15, 0.2) is 40.1 Å². The van der Waals surface area contributed by atoms with Crippen LogP contribution < -0.4 is 21.3 Å². The lowest BCUT2D eigenvalue weighted by atomic mass is 9.75. The van der Waals surface area contributed by atoms with Crippen LogP contribution in [0.2, 0.25) is 0 Å². The fraction of sp³-hybridized carbons (Fsp3) is 0.450. The van der Waals surface area contributed by atoms with Gasteiger partial charge in [0.2, 0.25) is 5.91 Å². The molecule has 148 valence electrons. The average Bonchev–Trinajstić information content (AvgIpc) is 3.11. The highest BCUT2D eigenvalue weighted by molar-refractivity contribution is 5.76. The topological polar surface area (TPSA) is 113 Å². The highest BCUT2D eigenvalue weighted by Gasteiger charge is 2.36. The molecule has 0 saturated heterocycles. The number of aliphatic hydroxyl groups is 1. The van der Waals surface area contributed by atoms with Crippen molar-refractivity contribution in [1.29, 1.82) is 0 Å². The van der Waals surface area contributed by atoms with Crippen molar-refractivity contribution in [3.8, 4) is 5.75 Å². The Balaban J connectivity index is 1.45. The third kappa shape index (κ3) is 3.87. The number of aromatic amines is 1. The second-order valence-electron chi connectivity index (χ2n) is 7.45. The van der Waals surface area contributed by atoms with Gasteiger partial charge in [-0.2, -0.15) is 0 Å². The number of carbonyl (C=O) groups is 1. The molecule has 1 atom stereocenters. The Morgan fingerprint density at radius 3 is 2.89 bits per heavy atom. The highest BCUT2D eigenvalue weighted by Crippen LogP contribution is 2.39. The first-order chi connectivity index (χ1) is 13.5. The van der Waals surface area contributed by atoms with Gasteiger partial charge in [0, 0.05) is 31.6 Å². The molecule has 2 aromatic rings. The molecule has 4 rings (SSSR count).